The Bertz CT molecular complexity index is 1470. The van der Waals surface area contributed by atoms with Gasteiger partial charge in [-0.15, -0.1) is 0 Å². The van der Waals surface area contributed by atoms with Crippen LogP contribution in [0.2, 0.25) is 0 Å². The average Bonchev–Trinajstić information content (AvgIpc) is 3.17. The molecule has 6 atom stereocenters. The van der Waals surface area contributed by atoms with E-state index >= 15 is 0 Å². The van der Waals surface area contributed by atoms with Crippen molar-refractivity contribution in [1.82, 2.24) is 14.5 Å². The molecule has 3 heterocycles. The molecule has 0 saturated carbocycles. The number of nitrogens with zero attached hydrogens (tertiary/aromatic N) is 2. The molecule has 4 unspecified atom stereocenters. The summed E-state index contributed by atoms with van der Waals surface area (Å²) >= 11 is 5.44. The van der Waals surface area contributed by atoms with Crippen molar-refractivity contribution in [2.75, 3.05) is 18.9 Å². The normalized spacial score (nSPS) is 27.4. The SMILES string of the molecule is Nc1nc2c(c(F)cn2[C@@H]2O[C@H](COP(=O)(O)OP(=O)(O)OP(=O)(O)O)C(CO)C2(O)C#CCl)c(=O)[nH]1. The number of hydrogen-bond acceptors (Lipinski definition) is 12. The van der Waals surface area contributed by atoms with Crippen LogP contribution in [0.4, 0.5) is 10.3 Å². The predicted octanol–water partition coefficient (Wildman–Crippen LogP) is -0.774. The van der Waals surface area contributed by atoms with Crippen LogP contribution in [0.15, 0.2) is 11.0 Å². The summed E-state index contributed by atoms with van der Waals surface area (Å²) in [5, 5.41) is 22.4. The van der Waals surface area contributed by atoms with E-state index in [1.165, 1.54) is 0 Å². The Hall–Kier alpha value is -1.71. The lowest BCUT2D eigenvalue weighted by molar-refractivity contribution is -0.0701. The highest BCUT2D eigenvalue weighted by molar-refractivity contribution is 7.66. The Morgan fingerprint density at radius 1 is 1.27 bits per heavy atom. The van der Waals surface area contributed by atoms with Gasteiger partial charge in [-0.2, -0.15) is 13.6 Å². The molecular weight excluding hydrogens is 596 g/mol. The van der Waals surface area contributed by atoms with Crippen molar-refractivity contribution >= 4 is 52.1 Å². The summed E-state index contributed by atoms with van der Waals surface area (Å²) < 4.78 is 66.9. The van der Waals surface area contributed by atoms with Crippen LogP contribution in [0.1, 0.15) is 6.23 Å². The van der Waals surface area contributed by atoms with E-state index < -0.39 is 88.9 Å². The number of aliphatic hydroxyl groups is 2. The highest BCUT2D eigenvalue weighted by atomic mass is 35.5. The molecule has 0 bridgehead atoms. The first-order valence-electron chi connectivity index (χ1n) is 9.38. The molecule has 0 amide bonds. The van der Waals surface area contributed by atoms with Crippen LogP contribution >= 0.6 is 35.1 Å². The number of anilines is 1. The highest BCUT2D eigenvalue weighted by Crippen LogP contribution is 2.66. The van der Waals surface area contributed by atoms with Crippen LogP contribution in [-0.2, 0) is 31.6 Å². The van der Waals surface area contributed by atoms with E-state index in [0.717, 1.165) is 4.57 Å². The van der Waals surface area contributed by atoms with Crippen LogP contribution in [0.25, 0.3) is 11.0 Å². The number of nitrogens with one attached hydrogen (secondary N) is 1. The predicted molar refractivity (Wildman–Crippen MR) is 118 cm³/mol. The lowest BCUT2D eigenvalue weighted by atomic mass is 9.86. The topological polar surface area (TPSA) is 286 Å². The van der Waals surface area contributed by atoms with E-state index in [2.05, 4.69) is 29.0 Å². The van der Waals surface area contributed by atoms with E-state index in [1.54, 1.807) is 0 Å². The summed E-state index contributed by atoms with van der Waals surface area (Å²) in [6.07, 6.45) is -2.72. The second kappa shape index (κ2) is 10.5. The number of ether oxygens (including phenoxy) is 1. The van der Waals surface area contributed by atoms with Crippen LogP contribution in [0, 0.1) is 23.0 Å². The summed E-state index contributed by atoms with van der Waals surface area (Å²) in [7, 11) is -17.1. The third kappa shape index (κ3) is 6.48. The maximum absolute atomic E-state index is 14.5. The summed E-state index contributed by atoms with van der Waals surface area (Å²) in [4.78, 5) is 54.1. The van der Waals surface area contributed by atoms with Gasteiger partial charge in [0.05, 0.1) is 25.2 Å². The number of phosphoric ester groups is 1. The van der Waals surface area contributed by atoms with Crippen molar-refractivity contribution < 1.29 is 65.8 Å². The van der Waals surface area contributed by atoms with Gasteiger partial charge in [0.25, 0.3) is 5.56 Å². The van der Waals surface area contributed by atoms with Crippen molar-refractivity contribution in [2.24, 2.45) is 5.92 Å². The lowest BCUT2D eigenvalue weighted by Crippen LogP contribution is -2.43. The second-order valence-electron chi connectivity index (χ2n) is 7.28. The van der Waals surface area contributed by atoms with Gasteiger partial charge in [-0.3, -0.25) is 18.9 Å². The minimum atomic E-state index is -5.83. The van der Waals surface area contributed by atoms with Crippen molar-refractivity contribution in [3.8, 4) is 11.3 Å². The van der Waals surface area contributed by atoms with Gasteiger partial charge in [-0.25, -0.2) is 18.1 Å². The molecule has 0 aliphatic carbocycles. The fourth-order valence-corrected chi connectivity index (χ4v) is 6.71. The molecule has 2 aromatic heterocycles. The number of aromatic amines is 1. The van der Waals surface area contributed by atoms with Gasteiger partial charge < -0.3 is 40.3 Å². The van der Waals surface area contributed by atoms with Crippen molar-refractivity contribution in [1.29, 1.82) is 0 Å². The molecule has 2 aromatic rings. The fraction of sp³-hybridized carbons (Fsp3) is 0.429. The second-order valence-corrected chi connectivity index (χ2v) is 11.9. The van der Waals surface area contributed by atoms with Gasteiger partial charge in [0.2, 0.25) is 5.95 Å². The zero-order chi connectivity index (χ0) is 28.0. The van der Waals surface area contributed by atoms with E-state index in [9.17, 15) is 42.9 Å². The first-order valence-corrected chi connectivity index (χ1v) is 14.3. The van der Waals surface area contributed by atoms with Gasteiger partial charge in [0, 0.05) is 11.6 Å². The summed E-state index contributed by atoms with van der Waals surface area (Å²) in [5.74, 6) is -0.938. The minimum absolute atomic E-state index is 0.427. The van der Waals surface area contributed by atoms with Crippen LogP contribution in [0.3, 0.4) is 0 Å². The summed E-state index contributed by atoms with van der Waals surface area (Å²) in [5.41, 5.74) is 1.61. The molecule has 1 saturated heterocycles. The average molecular weight is 613 g/mol. The van der Waals surface area contributed by atoms with E-state index in [4.69, 9.17) is 31.9 Å². The Morgan fingerprint density at radius 3 is 2.49 bits per heavy atom. The monoisotopic (exact) mass is 612 g/mol. The number of nitrogens with two attached hydrogens (primary N) is 1. The van der Waals surface area contributed by atoms with Gasteiger partial charge in [-0.05, 0) is 17.5 Å². The quantitative estimate of drug-likeness (QED) is 0.127. The van der Waals surface area contributed by atoms with Crippen molar-refractivity contribution in [2.45, 2.75) is 17.9 Å². The Morgan fingerprint density at radius 2 is 1.92 bits per heavy atom. The molecule has 0 radical (unpaired) electrons. The summed E-state index contributed by atoms with van der Waals surface area (Å²) in [6.45, 7) is -2.06. The number of aromatic nitrogens is 3. The highest BCUT2D eigenvalue weighted by Gasteiger charge is 2.57. The number of phosphoric acid groups is 3. The Kier molecular flexibility index (Phi) is 8.43. The zero-order valence-electron chi connectivity index (χ0n) is 17.7. The molecule has 0 aromatic carbocycles. The first-order chi connectivity index (χ1) is 16.9. The molecule has 206 valence electrons. The number of hydrogen-bond donors (Lipinski definition) is 8. The Balaban J connectivity index is 1.95. The van der Waals surface area contributed by atoms with Gasteiger partial charge in [-0.1, -0.05) is 0 Å². The molecular formula is C14H17ClFN4O14P3. The molecule has 0 spiro atoms. The number of rotatable bonds is 9. The molecule has 1 aliphatic rings. The fourth-order valence-electron chi connectivity index (χ4n) is 3.53. The summed E-state index contributed by atoms with van der Waals surface area (Å²) in [6, 6.07) is 0. The van der Waals surface area contributed by atoms with Gasteiger partial charge in [0.15, 0.2) is 23.3 Å². The maximum Gasteiger partial charge on any atom is 0.490 e. The molecule has 18 nitrogen and oxygen atoms in total. The maximum atomic E-state index is 14.5. The minimum Gasteiger partial charge on any atom is -0.396 e. The lowest BCUT2D eigenvalue weighted by Gasteiger charge is -2.28. The molecule has 9 N–H and O–H groups in total. The smallest absolute Gasteiger partial charge is 0.396 e. The Labute approximate surface area is 209 Å². The molecule has 23 heteroatoms. The molecule has 1 aliphatic heterocycles. The number of halogens is 2. The molecule has 37 heavy (non-hydrogen) atoms. The largest absolute Gasteiger partial charge is 0.490 e. The first kappa shape index (κ1) is 29.8. The van der Waals surface area contributed by atoms with Crippen molar-refractivity contribution in [3.05, 3.63) is 22.4 Å². The molecule has 1 fully saturated rings. The van der Waals surface area contributed by atoms with E-state index in [1.807, 2.05) is 5.38 Å². The van der Waals surface area contributed by atoms with E-state index in [0.29, 0.717) is 6.20 Å². The third-order valence-corrected chi connectivity index (χ3v) is 8.76. The van der Waals surface area contributed by atoms with Gasteiger partial charge >= 0.3 is 23.5 Å². The standard InChI is InChI=1S/C14H17ClFN4O14P3/c15-2-1-14(23)6(4-21)8(5-31-36(27,28)34-37(29,30)33-35(24,25)26)32-12(14)20-3-7(16)9-10(20)18-13(17)19-11(9)22/h3,6,8,12,21,23H,4-5H2,(H,27,28)(H,29,30)(H2,24,25,26)(H3,17,18,19,22)/t6?,8-,12-,14?/m1/s1. The number of aliphatic hydroxyl groups excluding tert-OH is 1. The van der Waals surface area contributed by atoms with Gasteiger partial charge in [0.1, 0.15) is 5.39 Å². The molecule has 3 rings (SSSR count). The number of nitrogen functional groups attached to an aromatic ring is 1. The van der Waals surface area contributed by atoms with Crippen molar-refractivity contribution in [3.63, 3.8) is 0 Å². The van der Waals surface area contributed by atoms with E-state index in [-0.39, 0.29) is 0 Å². The van der Waals surface area contributed by atoms with Crippen LogP contribution in [-0.4, -0.2) is 69.2 Å². The van der Waals surface area contributed by atoms with Crippen LogP contribution < -0.4 is 11.3 Å². The number of H-pyrrole nitrogens is 1. The third-order valence-electron chi connectivity index (χ3n) is 4.86. The van der Waals surface area contributed by atoms with Crippen LogP contribution in [0.5, 0.6) is 0 Å². The number of fused-ring (bicyclic) bond motifs is 1. The zero-order valence-corrected chi connectivity index (χ0v) is 21.2.